The van der Waals surface area contributed by atoms with Crippen LogP contribution < -0.4 is 11.2 Å². The first kappa shape index (κ1) is 31.6. The molecule has 0 spiro atoms. The van der Waals surface area contributed by atoms with Crippen LogP contribution in [0.1, 0.15) is 34.2 Å². The minimum Gasteiger partial charge on any atom is -0.389 e. The number of hydrogen-bond donors (Lipinski definition) is 3. The lowest BCUT2D eigenvalue weighted by Crippen LogP contribution is -2.55. The van der Waals surface area contributed by atoms with E-state index in [2.05, 4.69) is 4.98 Å². The van der Waals surface area contributed by atoms with Crippen LogP contribution in [0.5, 0.6) is 0 Å². The molecular weight excluding hydrogens is 617 g/mol. The summed E-state index contributed by atoms with van der Waals surface area (Å²) in [5.41, 5.74) is 3.19. The van der Waals surface area contributed by atoms with Gasteiger partial charge in [-0.1, -0.05) is 151 Å². The molecule has 1 aliphatic rings. The molecule has 4 aromatic carbocycles. The highest BCUT2D eigenvalue weighted by Gasteiger charge is 2.64. The summed E-state index contributed by atoms with van der Waals surface area (Å²) in [6.07, 6.45) is -1.20. The SMILES string of the molecule is Cc1cn([C@@]2([si]3ccccc3)C[C@@](O)(c3ccccc3)[C@@H](C(O)C(c3ccccc3)(c3ccccc3)c3ccccc3)O2)c(=O)[nH]c1=O. The molecular formula is C40H36N2O5Si. The van der Waals surface area contributed by atoms with Gasteiger partial charge in [0.25, 0.3) is 5.56 Å². The minimum absolute atomic E-state index is 0.0610. The van der Waals surface area contributed by atoms with E-state index in [-0.39, 0.29) is 6.42 Å². The average Bonchev–Trinajstić information content (AvgIpc) is 3.47. The first-order chi connectivity index (χ1) is 23.3. The molecule has 3 N–H and O–H groups in total. The van der Waals surface area contributed by atoms with E-state index in [4.69, 9.17) is 4.74 Å². The molecule has 1 aliphatic heterocycles. The molecule has 7 rings (SSSR count). The molecule has 0 saturated carbocycles. The predicted molar refractivity (Wildman–Crippen MR) is 187 cm³/mol. The third kappa shape index (κ3) is 5.05. The van der Waals surface area contributed by atoms with Crippen LogP contribution in [-0.4, -0.2) is 40.4 Å². The lowest BCUT2D eigenvalue weighted by molar-refractivity contribution is -0.142. The molecule has 7 nitrogen and oxygen atoms in total. The van der Waals surface area contributed by atoms with Crippen molar-refractivity contribution in [1.29, 1.82) is 0 Å². The van der Waals surface area contributed by atoms with Crippen molar-refractivity contribution in [2.24, 2.45) is 0 Å². The normalized spacial score (nSPS) is 21.5. The fourth-order valence-corrected chi connectivity index (χ4v) is 9.91. The number of rotatable bonds is 8. The maximum absolute atomic E-state index is 13.8. The number of aromatic nitrogens is 2. The van der Waals surface area contributed by atoms with Gasteiger partial charge in [-0.25, -0.2) is 4.79 Å². The van der Waals surface area contributed by atoms with Crippen LogP contribution in [0.2, 0.25) is 0 Å². The van der Waals surface area contributed by atoms with Gasteiger partial charge in [-0.15, -0.1) is 0 Å². The molecule has 8 heteroatoms. The summed E-state index contributed by atoms with van der Waals surface area (Å²) in [6.45, 7) is 1.64. The Morgan fingerprint density at radius 1 is 0.771 bits per heavy atom. The third-order valence-electron chi connectivity index (χ3n) is 9.73. The number of benzene rings is 4. The van der Waals surface area contributed by atoms with Crippen LogP contribution >= 0.6 is 0 Å². The first-order valence-electron chi connectivity index (χ1n) is 16.0. The Kier molecular flexibility index (Phi) is 8.27. The fraction of sp³-hybridized carbons (Fsp3) is 0.175. The Bertz CT molecular complexity index is 2030. The number of H-pyrrole nitrogens is 1. The summed E-state index contributed by atoms with van der Waals surface area (Å²) in [7, 11) is -1.91. The van der Waals surface area contributed by atoms with Gasteiger partial charge in [-0.05, 0) is 29.2 Å². The summed E-state index contributed by atoms with van der Waals surface area (Å²) in [5, 5.41) is 25.1. The summed E-state index contributed by atoms with van der Waals surface area (Å²) in [6, 6.07) is 44.3. The second-order valence-electron chi connectivity index (χ2n) is 12.4. The van der Waals surface area contributed by atoms with Gasteiger partial charge < -0.3 is 14.9 Å². The highest BCUT2D eigenvalue weighted by Crippen LogP contribution is 2.54. The maximum Gasteiger partial charge on any atom is 0.330 e. The largest absolute Gasteiger partial charge is 0.389 e. The summed E-state index contributed by atoms with van der Waals surface area (Å²) in [5.74, 6) is 0. The van der Waals surface area contributed by atoms with E-state index >= 15 is 0 Å². The number of hydrogen-bond acceptors (Lipinski definition) is 5. The number of aromatic amines is 1. The van der Waals surface area contributed by atoms with E-state index < -0.39 is 48.2 Å². The second kappa shape index (κ2) is 12.6. The van der Waals surface area contributed by atoms with Crippen molar-refractivity contribution in [1.82, 2.24) is 9.55 Å². The monoisotopic (exact) mass is 652 g/mol. The molecule has 48 heavy (non-hydrogen) atoms. The molecule has 0 aliphatic carbocycles. The van der Waals surface area contributed by atoms with E-state index in [0.29, 0.717) is 11.1 Å². The van der Waals surface area contributed by atoms with Crippen LogP contribution in [0.15, 0.2) is 167 Å². The van der Waals surface area contributed by atoms with Gasteiger partial charge in [0.15, 0.2) is 5.35 Å². The number of aryl methyl sites for hydroxylation is 1. The van der Waals surface area contributed by atoms with Gasteiger partial charge in [-0.3, -0.25) is 14.3 Å². The van der Waals surface area contributed by atoms with E-state index in [1.54, 1.807) is 6.92 Å². The molecule has 2 aromatic heterocycles. The topological polar surface area (TPSA) is 105 Å². The van der Waals surface area contributed by atoms with Gasteiger partial charge in [-0.2, -0.15) is 0 Å². The molecule has 1 fully saturated rings. The zero-order valence-corrected chi connectivity index (χ0v) is 27.4. The van der Waals surface area contributed by atoms with Crippen molar-refractivity contribution in [3.05, 3.63) is 206 Å². The summed E-state index contributed by atoms with van der Waals surface area (Å²) < 4.78 is 8.65. The van der Waals surface area contributed by atoms with Crippen molar-refractivity contribution in [2.75, 3.05) is 0 Å². The lowest BCUT2D eigenvalue weighted by atomic mass is 9.62. The second-order valence-corrected chi connectivity index (χ2v) is 14.8. The Morgan fingerprint density at radius 3 is 1.73 bits per heavy atom. The number of nitrogens with one attached hydrogen (secondary N) is 1. The Labute approximate surface area is 279 Å². The summed E-state index contributed by atoms with van der Waals surface area (Å²) >= 11 is 0. The van der Waals surface area contributed by atoms with Crippen LogP contribution in [0.25, 0.3) is 0 Å². The number of nitrogens with zero attached hydrogens (tertiary/aromatic N) is 1. The Balaban J connectivity index is 1.56. The van der Waals surface area contributed by atoms with Crippen LogP contribution in [0.3, 0.4) is 0 Å². The highest BCUT2D eigenvalue weighted by molar-refractivity contribution is 6.52. The van der Waals surface area contributed by atoms with Crippen LogP contribution in [0, 0.1) is 6.92 Å². The maximum atomic E-state index is 13.8. The van der Waals surface area contributed by atoms with E-state index in [1.807, 2.05) is 151 Å². The van der Waals surface area contributed by atoms with E-state index in [1.165, 1.54) is 10.8 Å². The molecule has 3 heterocycles. The number of aliphatic hydroxyl groups excluding tert-OH is 1. The Morgan fingerprint density at radius 2 is 1.23 bits per heavy atom. The van der Waals surface area contributed by atoms with Crippen molar-refractivity contribution in [3.63, 3.8) is 0 Å². The third-order valence-corrected chi connectivity index (χ3v) is 12.3. The lowest BCUT2D eigenvalue weighted by Gasteiger charge is -2.45. The summed E-state index contributed by atoms with van der Waals surface area (Å²) in [4.78, 5) is 28.8. The van der Waals surface area contributed by atoms with Crippen molar-refractivity contribution >= 4 is 8.40 Å². The molecule has 0 amide bonds. The molecule has 0 radical (unpaired) electrons. The van der Waals surface area contributed by atoms with Crippen LogP contribution in [-0.2, 0) is 21.1 Å². The Hall–Kier alpha value is -4.99. The first-order valence-corrected chi connectivity index (χ1v) is 17.6. The predicted octanol–water partition coefficient (Wildman–Crippen LogP) is 5.10. The zero-order chi connectivity index (χ0) is 33.4. The van der Waals surface area contributed by atoms with Gasteiger partial charge >= 0.3 is 5.69 Å². The fourth-order valence-electron chi connectivity index (χ4n) is 7.46. The van der Waals surface area contributed by atoms with Crippen molar-refractivity contribution < 1.29 is 14.9 Å². The molecule has 4 atom stereocenters. The molecule has 0 bridgehead atoms. The van der Waals surface area contributed by atoms with Gasteiger partial charge in [0.05, 0.1) is 5.41 Å². The molecule has 6 aromatic rings. The van der Waals surface area contributed by atoms with E-state index in [9.17, 15) is 19.8 Å². The highest BCUT2D eigenvalue weighted by atomic mass is 28.2. The van der Waals surface area contributed by atoms with Crippen LogP contribution in [0.4, 0.5) is 0 Å². The standard InChI is InChI=1S/C40H36N2O5Si/c1-29-27-42(37(45)41-36(29)44)39(48-25-15-6-16-26-48)28-38(46,30-17-7-2-8-18-30)35(47-39)34(43)40(31-19-9-3-10-20-31,32-21-11-4-12-22-32)33-23-13-5-14-24-33/h2-27,34-35,43,46H,28H2,1H3,(H,41,44,45)/t34?,35-,38-,39+/m1/s1. The van der Waals surface area contributed by atoms with E-state index in [0.717, 1.165) is 16.7 Å². The van der Waals surface area contributed by atoms with Gasteiger partial charge in [0.1, 0.15) is 26.2 Å². The molecule has 1 saturated heterocycles. The minimum atomic E-state index is -1.91. The molecule has 1 unspecified atom stereocenters. The van der Waals surface area contributed by atoms with Gasteiger partial charge in [0.2, 0.25) is 0 Å². The van der Waals surface area contributed by atoms with Crippen molar-refractivity contribution in [2.45, 2.75) is 41.9 Å². The average molecular weight is 653 g/mol. The zero-order valence-electron chi connectivity index (χ0n) is 26.4. The number of aliphatic hydroxyl groups is 2. The van der Waals surface area contributed by atoms with Gasteiger partial charge in [0, 0.05) is 18.2 Å². The number of ether oxygens (including phenoxy) is 1. The molecule has 240 valence electrons. The van der Waals surface area contributed by atoms with Crippen molar-refractivity contribution in [3.8, 4) is 0 Å². The smallest absolute Gasteiger partial charge is 0.330 e. The quantitative estimate of drug-likeness (QED) is 0.157.